The number of fused-ring (bicyclic) bond motifs is 5. The second-order valence-corrected chi connectivity index (χ2v) is 4.62. The fourth-order valence-corrected chi connectivity index (χ4v) is 3.49. The van der Waals surface area contributed by atoms with Crippen molar-refractivity contribution in [1.29, 1.82) is 0 Å². The highest BCUT2D eigenvalue weighted by molar-refractivity contribution is 5.83. The van der Waals surface area contributed by atoms with Gasteiger partial charge in [-0.05, 0) is 24.7 Å². The van der Waals surface area contributed by atoms with Crippen molar-refractivity contribution in [2.45, 2.75) is 25.4 Å². The van der Waals surface area contributed by atoms with Gasteiger partial charge in [0.2, 0.25) is 0 Å². The summed E-state index contributed by atoms with van der Waals surface area (Å²) in [6.45, 7) is 0. The molecule has 0 heterocycles. The lowest BCUT2D eigenvalue weighted by atomic mass is 9.71. The van der Waals surface area contributed by atoms with Crippen molar-refractivity contribution >= 4 is 5.78 Å². The molecule has 2 bridgehead atoms. The lowest BCUT2D eigenvalue weighted by Crippen LogP contribution is -2.40. The van der Waals surface area contributed by atoms with Gasteiger partial charge in [-0.25, -0.2) is 0 Å². The van der Waals surface area contributed by atoms with Gasteiger partial charge in [-0.15, -0.1) is 0 Å². The third kappa shape index (κ3) is 0.896. The highest BCUT2D eigenvalue weighted by Gasteiger charge is 2.52. The van der Waals surface area contributed by atoms with Crippen LogP contribution in [0.1, 0.15) is 19.3 Å². The molecule has 0 amide bonds. The summed E-state index contributed by atoms with van der Waals surface area (Å²) in [5.74, 6) is 1.77. The van der Waals surface area contributed by atoms with Gasteiger partial charge in [0, 0.05) is 18.3 Å². The van der Waals surface area contributed by atoms with Gasteiger partial charge < -0.3 is 5.11 Å². The predicted molar refractivity (Wildman–Crippen MR) is 48.0 cm³/mol. The van der Waals surface area contributed by atoms with Gasteiger partial charge in [-0.1, -0.05) is 12.2 Å². The molecule has 0 aromatic heterocycles. The maximum atomic E-state index is 11.7. The molecule has 0 aromatic carbocycles. The average Bonchev–Trinajstić information content (AvgIpc) is 2.70. The van der Waals surface area contributed by atoms with E-state index < -0.39 is 0 Å². The lowest BCUT2D eigenvalue weighted by molar-refractivity contribution is -0.131. The minimum Gasteiger partial charge on any atom is -0.393 e. The molecule has 3 rings (SSSR count). The molecule has 0 aliphatic heterocycles. The number of aliphatic hydroxyl groups excluding tert-OH is 1. The van der Waals surface area contributed by atoms with Crippen LogP contribution in [0.15, 0.2) is 12.2 Å². The van der Waals surface area contributed by atoms with E-state index in [0.717, 1.165) is 6.42 Å². The van der Waals surface area contributed by atoms with E-state index in [0.29, 0.717) is 30.5 Å². The summed E-state index contributed by atoms with van der Waals surface area (Å²) < 4.78 is 0. The average molecular weight is 178 g/mol. The first-order valence-corrected chi connectivity index (χ1v) is 5.16. The van der Waals surface area contributed by atoms with Crippen LogP contribution in [0.5, 0.6) is 0 Å². The number of hydrogen-bond acceptors (Lipinski definition) is 2. The van der Waals surface area contributed by atoms with Crippen LogP contribution >= 0.6 is 0 Å². The summed E-state index contributed by atoms with van der Waals surface area (Å²) in [6, 6.07) is 0. The maximum absolute atomic E-state index is 11.7. The van der Waals surface area contributed by atoms with E-state index in [9.17, 15) is 9.90 Å². The van der Waals surface area contributed by atoms with Crippen molar-refractivity contribution in [2.24, 2.45) is 23.7 Å². The van der Waals surface area contributed by atoms with Crippen LogP contribution in [0.3, 0.4) is 0 Å². The predicted octanol–water partition coefficient (Wildman–Crippen LogP) is 1.15. The molecule has 1 N–H and O–H groups in total. The molecular formula is C11H14O2. The van der Waals surface area contributed by atoms with Crippen LogP contribution in [0, 0.1) is 23.7 Å². The Bertz CT molecular complexity index is 282. The first kappa shape index (κ1) is 7.74. The van der Waals surface area contributed by atoms with Gasteiger partial charge in [0.25, 0.3) is 0 Å². The Labute approximate surface area is 77.6 Å². The molecule has 0 saturated heterocycles. The van der Waals surface area contributed by atoms with Gasteiger partial charge in [-0.3, -0.25) is 4.79 Å². The molecule has 3 aliphatic rings. The molecule has 2 heteroatoms. The molecule has 5 atom stereocenters. The van der Waals surface area contributed by atoms with Crippen molar-refractivity contribution in [3.05, 3.63) is 12.2 Å². The minimum atomic E-state index is -0.220. The molecule has 2 fully saturated rings. The zero-order valence-corrected chi connectivity index (χ0v) is 7.52. The second kappa shape index (κ2) is 2.44. The molecule has 3 aliphatic carbocycles. The fourth-order valence-electron chi connectivity index (χ4n) is 3.49. The minimum absolute atomic E-state index is 0.166. The molecule has 0 unspecified atom stereocenters. The molecule has 13 heavy (non-hydrogen) atoms. The Hall–Kier alpha value is -0.630. The molecule has 0 radical (unpaired) electrons. The van der Waals surface area contributed by atoms with E-state index in [4.69, 9.17) is 0 Å². The fraction of sp³-hybridized carbons (Fsp3) is 0.727. The van der Waals surface area contributed by atoms with E-state index >= 15 is 0 Å². The first-order chi connectivity index (χ1) is 6.27. The number of ketones is 1. The second-order valence-electron chi connectivity index (χ2n) is 4.62. The standard InChI is InChI=1S/C11H14O2/c12-8-3-4-9(13)11-7-2-1-6(5-7)10(8)11/h1-2,6-8,10-12H,3-5H2/t6-,7-,8-,10-,11+/m0/s1. The summed E-state index contributed by atoms with van der Waals surface area (Å²) in [6.07, 6.45) is 6.56. The largest absolute Gasteiger partial charge is 0.393 e. The molecule has 0 aromatic rings. The smallest absolute Gasteiger partial charge is 0.137 e. The third-order valence-corrected chi connectivity index (χ3v) is 4.02. The Morgan fingerprint density at radius 1 is 1.31 bits per heavy atom. The van der Waals surface area contributed by atoms with E-state index in [1.807, 2.05) is 0 Å². The Balaban J connectivity index is 1.98. The van der Waals surface area contributed by atoms with Crippen LogP contribution in [-0.2, 0) is 4.79 Å². The summed E-state index contributed by atoms with van der Waals surface area (Å²) in [4.78, 5) is 11.7. The van der Waals surface area contributed by atoms with Crippen molar-refractivity contribution in [2.75, 3.05) is 0 Å². The van der Waals surface area contributed by atoms with Crippen molar-refractivity contribution in [3.8, 4) is 0 Å². The van der Waals surface area contributed by atoms with Crippen LogP contribution in [-0.4, -0.2) is 17.0 Å². The molecule has 0 spiro atoms. The molecular weight excluding hydrogens is 164 g/mol. The number of allylic oxidation sites excluding steroid dienone is 2. The monoisotopic (exact) mass is 178 g/mol. The zero-order chi connectivity index (χ0) is 9.00. The normalized spacial score (nSPS) is 52.7. The number of carbonyl (C=O) groups excluding carboxylic acids is 1. The number of rotatable bonds is 0. The summed E-state index contributed by atoms with van der Waals surface area (Å²) in [5, 5.41) is 9.83. The van der Waals surface area contributed by atoms with Gasteiger partial charge >= 0.3 is 0 Å². The Kier molecular flexibility index (Phi) is 1.46. The van der Waals surface area contributed by atoms with Gasteiger partial charge in [0.05, 0.1) is 6.10 Å². The van der Waals surface area contributed by atoms with Gasteiger partial charge in [-0.2, -0.15) is 0 Å². The molecule has 70 valence electrons. The van der Waals surface area contributed by atoms with E-state index in [-0.39, 0.29) is 17.9 Å². The quantitative estimate of drug-likeness (QED) is 0.565. The van der Waals surface area contributed by atoms with Gasteiger partial charge in [0.15, 0.2) is 0 Å². The zero-order valence-electron chi connectivity index (χ0n) is 7.52. The van der Waals surface area contributed by atoms with E-state index in [2.05, 4.69) is 12.2 Å². The van der Waals surface area contributed by atoms with Crippen molar-refractivity contribution < 1.29 is 9.90 Å². The van der Waals surface area contributed by atoms with Crippen LogP contribution in [0.25, 0.3) is 0 Å². The molecule has 2 saturated carbocycles. The number of Topliss-reactive ketones (excluding diaryl/α,β-unsaturated/α-hetero) is 1. The van der Waals surface area contributed by atoms with E-state index in [1.54, 1.807) is 0 Å². The summed E-state index contributed by atoms with van der Waals surface area (Å²) >= 11 is 0. The Morgan fingerprint density at radius 3 is 2.85 bits per heavy atom. The first-order valence-electron chi connectivity index (χ1n) is 5.16. The third-order valence-electron chi connectivity index (χ3n) is 4.02. The van der Waals surface area contributed by atoms with Crippen LogP contribution in [0.2, 0.25) is 0 Å². The summed E-state index contributed by atoms with van der Waals surface area (Å²) in [5.41, 5.74) is 0. The SMILES string of the molecule is O=C1CC[C@H](O)[C@H]2[C@@H]1[C@H]1C=C[C@H]2C1. The summed E-state index contributed by atoms with van der Waals surface area (Å²) in [7, 11) is 0. The topological polar surface area (TPSA) is 37.3 Å². The highest BCUT2D eigenvalue weighted by Crippen LogP contribution is 2.52. The highest BCUT2D eigenvalue weighted by atomic mass is 16.3. The van der Waals surface area contributed by atoms with Gasteiger partial charge in [0.1, 0.15) is 5.78 Å². The van der Waals surface area contributed by atoms with E-state index in [1.165, 1.54) is 0 Å². The molecule has 2 nitrogen and oxygen atoms in total. The number of aliphatic hydroxyl groups is 1. The number of carbonyl (C=O) groups is 1. The maximum Gasteiger partial charge on any atom is 0.137 e. The van der Waals surface area contributed by atoms with Crippen molar-refractivity contribution in [3.63, 3.8) is 0 Å². The number of hydrogen-bond donors (Lipinski definition) is 1. The van der Waals surface area contributed by atoms with Crippen LogP contribution < -0.4 is 0 Å². The van der Waals surface area contributed by atoms with Crippen molar-refractivity contribution in [1.82, 2.24) is 0 Å². The lowest BCUT2D eigenvalue weighted by Gasteiger charge is -2.35. The Morgan fingerprint density at radius 2 is 2.08 bits per heavy atom. The van der Waals surface area contributed by atoms with Crippen LogP contribution in [0.4, 0.5) is 0 Å².